The first kappa shape index (κ1) is 20.8. The summed E-state index contributed by atoms with van der Waals surface area (Å²) in [6, 6.07) is 16.8. The lowest BCUT2D eigenvalue weighted by molar-refractivity contribution is 0.0730. The first-order valence-corrected chi connectivity index (χ1v) is 10.5. The molecule has 0 bridgehead atoms. The van der Waals surface area contributed by atoms with Crippen LogP contribution < -0.4 is 10.2 Å². The summed E-state index contributed by atoms with van der Waals surface area (Å²) in [4.78, 5) is 28.3. The van der Waals surface area contributed by atoms with Crippen molar-refractivity contribution in [2.24, 2.45) is 0 Å². The number of fused-ring (bicyclic) bond motifs is 2. The van der Waals surface area contributed by atoms with Crippen LogP contribution in [0.1, 0.15) is 33.3 Å². The van der Waals surface area contributed by atoms with Crippen molar-refractivity contribution >= 4 is 16.9 Å². The van der Waals surface area contributed by atoms with Crippen molar-refractivity contribution in [1.82, 2.24) is 4.90 Å². The van der Waals surface area contributed by atoms with Crippen molar-refractivity contribution in [3.63, 3.8) is 0 Å². The van der Waals surface area contributed by atoms with Gasteiger partial charge in [-0.1, -0.05) is 24.3 Å². The summed E-state index contributed by atoms with van der Waals surface area (Å²) in [6.07, 6.45) is 0.529. The Morgan fingerprint density at radius 2 is 1.85 bits per heavy atom. The first-order chi connectivity index (χ1) is 16.0. The van der Waals surface area contributed by atoms with Crippen LogP contribution in [0.3, 0.4) is 0 Å². The second-order valence-electron chi connectivity index (χ2n) is 7.91. The Kier molecular flexibility index (Phi) is 5.09. The topological polar surface area (TPSA) is 80.0 Å². The molecular formula is C26H20FNO5. The molecule has 1 atom stereocenters. The maximum absolute atomic E-state index is 13.9. The number of nitrogens with zero attached hydrogens (tertiary/aromatic N) is 1. The predicted octanol–water partition coefficient (Wildman–Crippen LogP) is 4.43. The van der Waals surface area contributed by atoms with E-state index in [1.54, 1.807) is 24.1 Å². The normalized spacial score (nSPS) is 15.2. The largest absolute Gasteiger partial charge is 0.508 e. The van der Waals surface area contributed by atoms with Gasteiger partial charge in [-0.2, -0.15) is 0 Å². The van der Waals surface area contributed by atoms with Gasteiger partial charge in [-0.25, -0.2) is 4.39 Å². The number of benzene rings is 3. The van der Waals surface area contributed by atoms with E-state index in [1.807, 2.05) is 24.3 Å². The van der Waals surface area contributed by atoms with Gasteiger partial charge in [-0.05, 0) is 60.0 Å². The molecule has 0 fully saturated rings. The third-order valence-electron chi connectivity index (χ3n) is 5.91. The number of hydrogen-bond acceptors (Lipinski definition) is 5. The van der Waals surface area contributed by atoms with E-state index < -0.39 is 23.2 Å². The van der Waals surface area contributed by atoms with Crippen molar-refractivity contribution < 1.29 is 23.4 Å². The summed E-state index contributed by atoms with van der Waals surface area (Å²) >= 11 is 0. The molecule has 33 heavy (non-hydrogen) atoms. The molecule has 5 rings (SSSR count). The number of rotatable bonds is 5. The average Bonchev–Trinajstić information content (AvgIpc) is 3.10. The molecule has 2 heterocycles. The monoisotopic (exact) mass is 445 g/mol. The van der Waals surface area contributed by atoms with Gasteiger partial charge in [0.25, 0.3) is 5.91 Å². The Labute approximate surface area is 188 Å². The van der Waals surface area contributed by atoms with Crippen LogP contribution in [0.4, 0.5) is 4.39 Å². The highest BCUT2D eigenvalue weighted by molar-refractivity contribution is 5.99. The Hall–Kier alpha value is -4.13. The molecule has 1 unspecified atom stereocenters. The summed E-state index contributed by atoms with van der Waals surface area (Å²) in [5.41, 5.74) is 1.40. The van der Waals surface area contributed by atoms with Crippen LogP contribution in [-0.4, -0.2) is 29.6 Å². The number of methoxy groups -OCH3 is 1. The van der Waals surface area contributed by atoms with Crippen LogP contribution in [0.2, 0.25) is 0 Å². The molecule has 3 aromatic carbocycles. The molecule has 4 aromatic rings. The van der Waals surface area contributed by atoms with E-state index in [-0.39, 0.29) is 28.0 Å². The SMILES string of the molecule is COc1ccc(CCN2C(=O)c3oc4ccc(F)cc4c(=O)c3C2c2cccc(O)c2)cc1. The van der Waals surface area contributed by atoms with Gasteiger partial charge in [-0.3, -0.25) is 9.59 Å². The van der Waals surface area contributed by atoms with Gasteiger partial charge in [0.05, 0.1) is 24.1 Å². The Morgan fingerprint density at radius 3 is 2.58 bits per heavy atom. The highest BCUT2D eigenvalue weighted by Crippen LogP contribution is 2.39. The van der Waals surface area contributed by atoms with Crippen LogP contribution in [-0.2, 0) is 6.42 Å². The van der Waals surface area contributed by atoms with E-state index >= 15 is 0 Å². The van der Waals surface area contributed by atoms with Crippen LogP contribution in [0.15, 0.2) is 75.9 Å². The number of halogens is 1. The molecular weight excluding hydrogens is 425 g/mol. The number of phenols is 1. The number of aromatic hydroxyl groups is 1. The van der Waals surface area contributed by atoms with Crippen LogP contribution in [0, 0.1) is 5.82 Å². The summed E-state index contributed by atoms with van der Waals surface area (Å²) in [6.45, 7) is 0.305. The standard InChI is InChI=1S/C26H20FNO5/c1-32-19-8-5-15(6-9-19)11-12-28-23(16-3-2-4-18(29)13-16)22-24(30)20-14-17(27)7-10-21(20)33-25(22)26(28)31/h2-10,13-14,23,29H,11-12H2,1H3. The molecule has 1 N–H and O–H groups in total. The predicted molar refractivity (Wildman–Crippen MR) is 120 cm³/mol. The van der Waals surface area contributed by atoms with Crippen molar-refractivity contribution in [3.8, 4) is 11.5 Å². The molecule has 0 spiro atoms. The molecule has 0 saturated heterocycles. The zero-order chi connectivity index (χ0) is 23.1. The minimum absolute atomic E-state index is 0.0136. The maximum atomic E-state index is 13.9. The first-order valence-electron chi connectivity index (χ1n) is 10.5. The number of amides is 1. The summed E-state index contributed by atoms with van der Waals surface area (Å²) in [5, 5.41) is 10.1. The highest BCUT2D eigenvalue weighted by atomic mass is 19.1. The van der Waals surface area contributed by atoms with E-state index in [1.165, 1.54) is 24.3 Å². The molecule has 1 aromatic heterocycles. The molecule has 166 valence electrons. The number of carbonyl (C=O) groups excluding carboxylic acids is 1. The van der Waals surface area contributed by atoms with E-state index in [9.17, 15) is 19.1 Å². The Morgan fingerprint density at radius 1 is 1.06 bits per heavy atom. The zero-order valence-corrected chi connectivity index (χ0v) is 17.7. The lowest BCUT2D eigenvalue weighted by Gasteiger charge is -2.25. The lowest BCUT2D eigenvalue weighted by Crippen LogP contribution is -2.31. The Balaban J connectivity index is 1.61. The highest BCUT2D eigenvalue weighted by Gasteiger charge is 2.42. The number of carbonyl (C=O) groups is 1. The van der Waals surface area contributed by atoms with E-state index in [2.05, 4.69) is 0 Å². The van der Waals surface area contributed by atoms with E-state index in [0.29, 0.717) is 18.5 Å². The average molecular weight is 445 g/mol. The number of hydrogen-bond donors (Lipinski definition) is 1. The van der Waals surface area contributed by atoms with Gasteiger partial charge in [0.15, 0.2) is 5.43 Å². The number of phenolic OH excluding ortho intramolecular Hbond substituents is 1. The summed E-state index contributed by atoms with van der Waals surface area (Å²) in [5.74, 6) is -0.295. The summed E-state index contributed by atoms with van der Waals surface area (Å²) in [7, 11) is 1.59. The smallest absolute Gasteiger partial charge is 0.290 e. The Bertz CT molecular complexity index is 1430. The van der Waals surface area contributed by atoms with Gasteiger partial charge in [0.2, 0.25) is 5.76 Å². The molecule has 0 aliphatic carbocycles. The fourth-order valence-corrected chi connectivity index (χ4v) is 4.31. The molecule has 1 amide bonds. The van der Waals surface area contributed by atoms with Gasteiger partial charge in [0.1, 0.15) is 22.9 Å². The van der Waals surface area contributed by atoms with Crippen LogP contribution in [0.5, 0.6) is 11.5 Å². The number of ether oxygens (including phenoxy) is 1. The molecule has 1 aliphatic rings. The second kappa shape index (κ2) is 8.09. The zero-order valence-electron chi connectivity index (χ0n) is 17.7. The minimum Gasteiger partial charge on any atom is -0.508 e. The van der Waals surface area contributed by atoms with E-state index in [4.69, 9.17) is 9.15 Å². The van der Waals surface area contributed by atoms with Gasteiger partial charge in [0, 0.05) is 6.54 Å². The third kappa shape index (κ3) is 3.61. The minimum atomic E-state index is -0.762. The molecule has 7 heteroatoms. The fraction of sp³-hybridized carbons (Fsp3) is 0.154. The molecule has 0 radical (unpaired) electrons. The lowest BCUT2D eigenvalue weighted by atomic mass is 9.98. The quantitative estimate of drug-likeness (QED) is 0.492. The van der Waals surface area contributed by atoms with E-state index in [0.717, 1.165) is 17.4 Å². The van der Waals surface area contributed by atoms with Crippen LogP contribution >= 0.6 is 0 Å². The van der Waals surface area contributed by atoms with Gasteiger partial charge >= 0.3 is 0 Å². The maximum Gasteiger partial charge on any atom is 0.290 e. The van der Waals surface area contributed by atoms with Crippen molar-refractivity contribution in [2.75, 3.05) is 13.7 Å². The summed E-state index contributed by atoms with van der Waals surface area (Å²) < 4.78 is 24.9. The van der Waals surface area contributed by atoms with Gasteiger partial charge in [-0.15, -0.1) is 0 Å². The van der Waals surface area contributed by atoms with Crippen LogP contribution in [0.25, 0.3) is 11.0 Å². The molecule has 6 nitrogen and oxygen atoms in total. The third-order valence-corrected chi connectivity index (χ3v) is 5.91. The molecule has 0 saturated carbocycles. The fourth-order valence-electron chi connectivity index (χ4n) is 4.31. The molecule has 1 aliphatic heterocycles. The van der Waals surface area contributed by atoms with Gasteiger partial charge < -0.3 is 19.2 Å². The second-order valence-corrected chi connectivity index (χ2v) is 7.91. The van der Waals surface area contributed by atoms with Crippen molar-refractivity contribution in [2.45, 2.75) is 12.5 Å². The van der Waals surface area contributed by atoms with Crippen molar-refractivity contribution in [1.29, 1.82) is 0 Å². The van der Waals surface area contributed by atoms with Crippen molar-refractivity contribution in [3.05, 3.63) is 105 Å².